The smallest absolute Gasteiger partial charge is 0.416 e. The fraction of sp³-hybridized carbons (Fsp3) is 0.405. The number of esters is 1. The minimum absolute atomic E-state index is 0.0535. The van der Waals surface area contributed by atoms with Gasteiger partial charge in [-0.1, -0.05) is 48.4 Å². The van der Waals surface area contributed by atoms with Crippen molar-refractivity contribution in [3.63, 3.8) is 0 Å². The maximum atomic E-state index is 13.5. The van der Waals surface area contributed by atoms with E-state index in [-0.39, 0.29) is 18.1 Å². The first-order chi connectivity index (χ1) is 22.0. The van der Waals surface area contributed by atoms with Gasteiger partial charge in [0.1, 0.15) is 17.5 Å². The van der Waals surface area contributed by atoms with Crippen molar-refractivity contribution in [3.8, 4) is 17.6 Å². The highest BCUT2D eigenvalue weighted by Gasteiger charge is 2.75. The minimum Gasteiger partial charge on any atom is -0.487 e. The summed E-state index contributed by atoms with van der Waals surface area (Å²) in [6, 6.07) is 20.5. The molecule has 3 aromatic carbocycles. The number of nitrogens with zero attached hydrogens (tertiary/aromatic N) is 2. The molecule has 1 saturated carbocycles. The molecule has 46 heavy (non-hydrogen) atoms. The summed E-state index contributed by atoms with van der Waals surface area (Å²) in [5.74, 6) is 5.36. The molecule has 0 radical (unpaired) electrons. The van der Waals surface area contributed by atoms with Crippen molar-refractivity contribution in [2.45, 2.75) is 74.4 Å². The van der Waals surface area contributed by atoms with Gasteiger partial charge in [0.15, 0.2) is 0 Å². The van der Waals surface area contributed by atoms with Gasteiger partial charge in [-0.25, -0.2) is 0 Å². The summed E-state index contributed by atoms with van der Waals surface area (Å²) in [7, 11) is 1.70. The summed E-state index contributed by atoms with van der Waals surface area (Å²) in [5.41, 5.74) is 1.62. The van der Waals surface area contributed by atoms with Crippen LogP contribution in [0.4, 0.5) is 13.2 Å². The molecule has 1 amide bonds. The zero-order valence-corrected chi connectivity index (χ0v) is 25.8. The fourth-order valence-corrected chi connectivity index (χ4v) is 8.70. The number of hydrogen-bond acceptors (Lipinski definition) is 5. The van der Waals surface area contributed by atoms with Gasteiger partial charge in [0, 0.05) is 37.6 Å². The Hall–Kier alpha value is -4.29. The molecule has 5 atom stereocenters. The summed E-state index contributed by atoms with van der Waals surface area (Å²) in [5, 5.41) is 0. The predicted octanol–water partition coefficient (Wildman–Crippen LogP) is 5.55. The predicted molar refractivity (Wildman–Crippen MR) is 165 cm³/mol. The number of amides is 1. The van der Waals surface area contributed by atoms with Crippen LogP contribution >= 0.6 is 0 Å². The largest absolute Gasteiger partial charge is 0.487 e. The van der Waals surface area contributed by atoms with E-state index >= 15 is 0 Å². The van der Waals surface area contributed by atoms with Gasteiger partial charge in [-0.3, -0.25) is 14.5 Å². The summed E-state index contributed by atoms with van der Waals surface area (Å²) >= 11 is 0. The summed E-state index contributed by atoms with van der Waals surface area (Å²) in [6.07, 6.45) is -1.49. The second-order valence-corrected chi connectivity index (χ2v) is 12.9. The normalized spacial score (nSPS) is 27.5. The molecule has 0 aromatic heterocycles. The number of benzene rings is 3. The summed E-state index contributed by atoms with van der Waals surface area (Å²) in [6.45, 7) is 3.10. The molecule has 6 nitrogen and oxygen atoms in total. The first-order valence-electron chi connectivity index (χ1n) is 15.8. The Balaban J connectivity index is 1.21. The maximum Gasteiger partial charge on any atom is 0.416 e. The third-order valence-corrected chi connectivity index (χ3v) is 10.6. The van der Waals surface area contributed by atoms with Crippen molar-refractivity contribution in [1.29, 1.82) is 0 Å². The molecule has 2 fully saturated rings. The van der Waals surface area contributed by atoms with E-state index in [1.807, 2.05) is 30.3 Å². The van der Waals surface area contributed by atoms with Crippen LogP contribution in [0.3, 0.4) is 0 Å². The standard InChI is InChI=1S/C37H35F3N2O4/c1-24(43)46-36-19-17-29(41(2)32(44)16-13-26-11-14-28(15-12-26)37(38,39)40)34-35(36)20-22-42(21-18-25-7-4-3-5-8-25)31(36)23-27-9-6-10-30(45-34)33(27)35/h3-12,14-15,29,31,34H,17-23H2,1-2H3/t29-,31-,34+,35+,36-/m1/s1. The first-order valence-corrected chi connectivity index (χ1v) is 15.8. The van der Waals surface area contributed by atoms with Gasteiger partial charge < -0.3 is 14.4 Å². The van der Waals surface area contributed by atoms with E-state index in [0.29, 0.717) is 24.8 Å². The molecule has 7 rings (SSSR count). The van der Waals surface area contributed by atoms with Crippen LogP contribution in [-0.2, 0) is 38.8 Å². The highest BCUT2D eigenvalue weighted by molar-refractivity contribution is 5.94. The lowest BCUT2D eigenvalue weighted by molar-refractivity contribution is -0.223. The maximum absolute atomic E-state index is 13.5. The Labute approximate surface area is 266 Å². The molecule has 3 aromatic rings. The molecule has 1 saturated heterocycles. The van der Waals surface area contributed by atoms with Crippen LogP contribution in [0.25, 0.3) is 0 Å². The van der Waals surface area contributed by atoms with Crippen LogP contribution in [0, 0.1) is 11.8 Å². The molecule has 2 bridgehead atoms. The van der Waals surface area contributed by atoms with Gasteiger partial charge >= 0.3 is 12.1 Å². The number of piperidine rings is 1. The molecular weight excluding hydrogens is 593 g/mol. The Morgan fingerprint density at radius 3 is 2.52 bits per heavy atom. The van der Waals surface area contributed by atoms with Crippen molar-refractivity contribution in [2.75, 3.05) is 20.1 Å². The van der Waals surface area contributed by atoms with E-state index in [0.717, 1.165) is 49.4 Å². The number of ether oxygens (including phenoxy) is 2. The minimum atomic E-state index is -4.45. The van der Waals surface area contributed by atoms with Crippen LogP contribution in [0.5, 0.6) is 5.75 Å². The van der Waals surface area contributed by atoms with Gasteiger partial charge in [-0.05, 0) is 80.1 Å². The van der Waals surface area contributed by atoms with Crippen LogP contribution in [0.1, 0.15) is 54.0 Å². The van der Waals surface area contributed by atoms with Gasteiger partial charge in [0.05, 0.1) is 23.1 Å². The van der Waals surface area contributed by atoms with Crippen LogP contribution < -0.4 is 4.74 Å². The van der Waals surface area contributed by atoms with Crippen LogP contribution in [-0.4, -0.2) is 65.6 Å². The highest BCUT2D eigenvalue weighted by Crippen LogP contribution is 2.65. The average Bonchev–Trinajstić information content (AvgIpc) is 3.38. The highest BCUT2D eigenvalue weighted by atomic mass is 19.4. The van der Waals surface area contributed by atoms with Crippen LogP contribution in [0.15, 0.2) is 72.8 Å². The fourth-order valence-electron chi connectivity index (χ4n) is 8.70. The van der Waals surface area contributed by atoms with Gasteiger partial charge in [-0.2, -0.15) is 13.2 Å². The Bertz CT molecular complexity index is 1730. The van der Waals surface area contributed by atoms with Crippen molar-refractivity contribution < 1.29 is 32.2 Å². The number of likely N-dealkylation sites (N-methyl/N-ethyl adjacent to an activating group) is 1. The SMILES string of the molecule is CC(=O)O[C@@]12CC[C@@H](N(C)C(=O)C#Cc3ccc(C(F)(F)F)cc3)[C@@H]3Oc4cccc5c4[C@@]31CCN(CCc1ccccc1)[C@@H]2C5. The Morgan fingerprint density at radius 1 is 1.04 bits per heavy atom. The second kappa shape index (κ2) is 11.2. The molecule has 0 N–H and O–H groups in total. The molecule has 4 aliphatic rings. The third-order valence-electron chi connectivity index (χ3n) is 10.6. The molecular formula is C37H35F3N2O4. The van der Waals surface area contributed by atoms with Crippen molar-refractivity contribution in [3.05, 3.63) is 101 Å². The Kier molecular flexibility index (Phi) is 7.39. The number of hydrogen-bond donors (Lipinski definition) is 0. The van der Waals surface area contributed by atoms with Crippen LogP contribution in [0.2, 0.25) is 0 Å². The number of carbonyl (C=O) groups is 2. The van der Waals surface area contributed by atoms with E-state index in [9.17, 15) is 22.8 Å². The van der Waals surface area contributed by atoms with Gasteiger partial charge in [-0.15, -0.1) is 0 Å². The molecule has 1 spiro atoms. The number of likely N-dealkylation sites (tertiary alicyclic amines) is 1. The summed E-state index contributed by atoms with van der Waals surface area (Å²) in [4.78, 5) is 30.5. The van der Waals surface area contributed by atoms with E-state index in [4.69, 9.17) is 9.47 Å². The molecule has 9 heteroatoms. The number of carbonyl (C=O) groups excluding carboxylic acids is 2. The number of halogens is 3. The lowest BCUT2D eigenvalue weighted by Crippen LogP contribution is -2.79. The number of rotatable bonds is 5. The lowest BCUT2D eigenvalue weighted by Gasteiger charge is -2.65. The van der Waals surface area contributed by atoms with Crippen molar-refractivity contribution in [1.82, 2.24) is 9.80 Å². The molecule has 0 unspecified atom stereocenters. The molecule has 238 valence electrons. The summed E-state index contributed by atoms with van der Waals surface area (Å²) < 4.78 is 52.3. The zero-order chi connectivity index (χ0) is 32.3. The molecule has 2 heterocycles. The van der Waals surface area contributed by atoms with Gasteiger partial charge in [0.2, 0.25) is 0 Å². The van der Waals surface area contributed by atoms with E-state index in [1.54, 1.807) is 11.9 Å². The van der Waals surface area contributed by atoms with Crippen molar-refractivity contribution >= 4 is 11.9 Å². The monoisotopic (exact) mass is 628 g/mol. The quantitative estimate of drug-likeness (QED) is 0.274. The third kappa shape index (κ3) is 4.77. The topological polar surface area (TPSA) is 59.1 Å². The number of alkyl halides is 3. The van der Waals surface area contributed by atoms with E-state index in [1.165, 1.54) is 30.2 Å². The van der Waals surface area contributed by atoms with E-state index in [2.05, 4.69) is 34.9 Å². The first kappa shape index (κ1) is 30.4. The molecule has 2 aliphatic carbocycles. The average molecular weight is 629 g/mol. The lowest BCUT2D eigenvalue weighted by atomic mass is 9.48. The molecule has 2 aliphatic heterocycles. The van der Waals surface area contributed by atoms with E-state index < -0.39 is 34.8 Å². The van der Waals surface area contributed by atoms with Crippen molar-refractivity contribution in [2.24, 2.45) is 0 Å². The second-order valence-electron chi connectivity index (χ2n) is 12.9. The van der Waals surface area contributed by atoms with Gasteiger partial charge in [0.25, 0.3) is 5.91 Å². The zero-order valence-electron chi connectivity index (χ0n) is 25.8. The Morgan fingerprint density at radius 2 is 1.80 bits per heavy atom.